The smallest absolute Gasteiger partial charge is 0.426 e. The van der Waals surface area contributed by atoms with Crippen molar-refractivity contribution >= 4 is 11.8 Å². The van der Waals surface area contributed by atoms with Gasteiger partial charge in [-0.1, -0.05) is 6.07 Å². The Hall–Kier alpha value is -2.38. The third kappa shape index (κ3) is 6.20. The van der Waals surface area contributed by atoms with Crippen molar-refractivity contribution in [3.8, 4) is 0 Å². The molecule has 4 rings (SSSR count). The average Bonchev–Trinajstić information content (AvgIpc) is 3.29. The number of nitrogens with zero attached hydrogens (tertiary/aromatic N) is 3. The zero-order chi connectivity index (χ0) is 27.2. The van der Waals surface area contributed by atoms with Gasteiger partial charge >= 0.3 is 24.6 Å². The SMILES string of the molecule is O=C(OC(C(F)(F)F)C(F)(F)F)N1CC2(CCN(Cc3ccc(C(F)(F)F)cc3N3CCCC3)CC2)C1. The number of ether oxygens (including phenoxy) is 1. The lowest BCUT2D eigenvalue weighted by molar-refractivity contribution is -0.309. The molecule has 0 saturated carbocycles. The van der Waals surface area contributed by atoms with Gasteiger partial charge in [-0.3, -0.25) is 4.90 Å². The van der Waals surface area contributed by atoms with E-state index in [9.17, 15) is 44.3 Å². The summed E-state index contributed by atoms with van der Waals surface area (Å²) in [4.78, 5) is 16.8. The fraction of sp³-hybridized carbons (Fsp3) is 0.696. The number of alkyl halides is 9. The summed E-state index contributed by atoms with van der Waals surface area (Å²) >= 11 is 0. The van der Waals surface area contributed by atoms with Gasteiger partial charge in [0.2, 0.25) is 0 Å². The second kappa shape index (κ2) is 9.73. The Labute approximate surface area is 207 Å². The van der Waals surface area contributed by atoms with Crippen molar-refractivity contribution in [3.63, 3.8) is 0 Å². The molecule has 1 aromatic carbocycles. The second-order valence-corrected chi connectivity index (χ2v) is 10.0. The van der Waals surface area contributed by atoms with Gasteiger partial charge < -0.3 is 14.5 Å². The van der Waals surface area contributed by atoms with Gasteiger partial charge in [0, 0.05) is 43.8 Å². The van der Waals surface area contributed by atoms with E-state index in [1.54, 1.807) is 0 Å². The summed E-state index contributed by atoms with van der Waals surface area (Å²) in [7, 11) is 0. The number of carbonyl (C=O) groups is 1. The zero-order valence-corrected chi connectivity index (χ0v) is 19.6. The maximum Gasteiger partial charge on any atom is 0.434 e. The molecular formula is C23H26F9N3O2. The van der Waals surface area contributed by atoms with Crippen LogP contribution in [0, 0.1) is 5.41 Å². The van der Waals surface area contributed by atoms with Crippen LogP contribution < -0.4 is 4.90 Å². The summed E-state index contributed by atoms with van der Waals surface area (Å²) in [6.07, 6.45) is -19.0. The van der Waals surface area contributed by atoms with Gasteiger partial charge in [0.15, 0.2) is 0 Å². The first kappa shape index (κ1) is 27.6. The standard InChI is InChI=1S/C23H26F9N3O2/c24-21(25,26)16-4-3-15(17(11-16)34-7-1-2-8-34)12-33-9-5-20(6-10-33)13-35(14-20)19(36)37-18(22(27,28)29)23(30,31)32/h3-4,11,18H,1-2,5-10,12-14H2. The van der Waals surface area contributed by atoms with Gasteiger partial charge in [0.05, 0.1) is 5.56 Å². The highest BCUT2D eigenvalue weighted by atomic mass is 19.4. The fourth-order valence-corrected chi connectivity index (χ4v) is 5.26. The van der Waals surface area contributed by atoms with Crippen molar-refractivity contribution in [1.82, 2.24) is 9.80 Å². The number of halogens is 9. The minimum atomic E-state index is -5.77. The van der Waals surface area contributed by atoms with E-state index >= 15 is 0 Å². The highest BCUT2D eigenvalue weighted by Gasteiger charge is 2.61. The van der Waals surface area contributed by atoms with Gasteiger partial charge in [-0.2, -0.15) is 39.5 Å². The van der Waals surface area contributed by atoms with Crippen LogP contribution in [0.5, 0.6) is 0 Å². The van der Waals surface area contributed by atoms with E-state index in [0.29, 0.717) is 51.3 Å². The summed E-state index contributed by atoms with van der Waals surface area (Å²) in [5.74, 6) is 0. The number of piperidine rings is 1. The van der Waals surface area contributed by atoms with Crippen LogP contribution in [0.2, 0.25) is 0 Å². The van der Waals surface area contributed by atoms with Crippen LogP contribution in [0.3, 0.4) is 0 Å². The van der Waals surface area contributed by atoms with E-state index in [0.717, 1.165) is 29.4 Å². The molecule has 208 valence electrons. The highest BCUT2D eigenvalue weighted by Crippen LogP contribution is 2.43. The fourth-order valence-electron chi connectivity index (χ4n) is 5.26. The number of hydrogen-bond donors (Lipinski definition) is 0. The van der Waals surface area contributed by atoms with E-state index in [2.05, 4.69) is 9.64 Å². The molecule has 37 heavy (non-hydrogen) atoms. The molecule has 0 aromatic heterocycles. The number of amides is 1. The molecule has 3 fully saturated rings. The first-order chi connectivity index (χ1) is 17.1. The Morgan fingerprint density at radius 2 is 1.46 bits per heavy atom. The van der Waals surface area contributed by atoms with Gasteiger partial charge in [-0.05, 0) is 56.5 Å². The largest absolute Gasteiger partial charge is 0.434 e. The molecule has 0 atom stereocenters. The van der Waals surface area contributed by atoms with E-state index in [-0.39, 0.29) is 13.1 Å². The molecule has 3 aliphatic rings. The molecule has 3 heterocycles. The molecule has 0 N–H and O–H groups in total. The van der Waals surface area contributed by atoms with Crippen molar-refractivity contribution < 1.29 is 49.0 Å². The highest BCUT2D eigenvalue weighted by molar-refractivity contribution is 5.69. The third-order valence-corrected chi connectivity index (χ3v) is 7.29. The number of anilines is 1. The molecule has 1 spiro atoms. The van der Waals surface area contributed by atoms with E-state index in [1.165, 1.54) is 12.1 Å². The molecule has 3 aliphatic heterocycles. The van der Waals surface area contributed by atoms with Crippen molar-refractivity contribution in [1.29, 1.82) is 0 Å². The number of carbonyl (C=O) groups excluding carboxylic acids is 1. The number of rotatable bonds is 4. The van der Waals surface area contributed by atoms with Gasteiger partial charge in [0.25, 0.3) is 6.10 Å². The summed E-state index contributed by atoms with van der Waals surface area (Å²) in [6, 6.07) is 3.72. The van der Waals surface area contributed by atoms with Crippen molar-refractivity contribution in [2.75, 3.05) is 44.2 Å². The molecule has 0 radical (unpaired) electrons. The van der Waals surface area contributed by atoms with Crippen LogP contribution in [-0.2, 0) is 17.5 Å². The maximum absolute atomic E-state index is 13.3. The zero-order valence-electron chi connectivity index (χ0n) is 19.6. The van der Waals surface area contributed by atoms with E-state index in [1.807, 2.05) is 4.90 Å². The normalized spacial score (nSPS) is 21.0. The Morgan fingerprint density at radius 1 is 0.892 bits per heavy atom. The summed E-state index contributed by atoms with van der Waals surface area (Å²) < 4.78 is 120. The van der Waals surface area contributed by atoms with Crippen LogP contribution in [-0.4, -0.2) is 73.6 Å². The summed E-state index contributed by atoms with van der Waals surface area (Å²) in [6.45, 7) is 2.78. The summed E-state index contributed by atoms with van der Waals surface area (Å²) in [5.41, 5.74) is 0.166. The molecule has 5 nitrogen and oxygen atoms in total. The molecular weight excluding hydrogens is 521 g/mol. The molecule has 3 saturated heterocycles. The predicted octanol–water partition coefficient (Wildman–Crippen LogP) is 5.83. The topological polar surface area (TPSA) is 36.0 Å². The molecule has 14 heteroatoms. The van der Waals surface area contributed by atoms with Crippen LogP contribution >= 0.6 is 0 Å². The molecule has 0 aliphatic carbocycles. The molecule has 0 unspecified atom stereocenters. The lowest BCUT2D eigenvalue weighted by Crippen LogP contribution is -2.62. The number of hydrogen-bond acceptors (Lipinski definition) is 4. The second-order valence-electron chi connectivity index (χ2n) is 10.0. The lowest BCUT2D eigenvalue weighted by Gasteiger charge is -2.53. The molecule has 0 bridgehead atoms. The first-order valence-corrected chi connectivity index (χ1v) is 11.8. The Morgan fingerprint density at radius 3 is 1.97 bits per heavy atom. The first-order valence-electron chi connectivity index (χ1n) is 11.8. The van der Waals surface area contributed by atoms with Crippen molar-refractivity contribution in [2.45, 2.75) is 56.9 Å². The molecule has 1 amide bonds. The monoisotopic (exact) mass is 547 g/mol. The minimum Gasteiger partial charge on any atom is -0.426 e. The van der Waals surface area contributed by atoms with Gasteiger partial charge in [-0.25, -0.2) is 4.79 Å². The quantitative estimate of drug-likeness (QED) is 0.445. The molecule has 1 aromatic rings. The van der Waals surface area contributed by atoms with Crippen LogP contribution in [0.1, 0.15) is 36.8 Å². The maximum atomic E-state index is 13.3. The van der Waals surface area contributed by atoms with Gasteiger partial charge in [-0.15, -0.1) is 0 Å². The Bertz CT molecular complexity index is 957. The van der Waals surface area contributed by atoms with Crippen molar-refractivity contribution in [2.24, 2.45) is 5.41 Å². The van der Waals surface area contributed by atoms with Crippen LogP contribution in [0.15, 0.2) is 18.2 Å². The Kier molecular flexibility index (Phi) is 7.27. The predicted molar refractivity (Wildman–Crippen MR) is 114 cm³/mol. The Balaban J connectivity index is 1.34. The van der Waals surface area contributed by atoms with Gasteiger partial charge in [0.1, 0.15) is 0 Å². The minimum absolute atomic E-state index is 0.0125. The average molecular weight is 547 g/mol. The number of likely N-dealkylation sites (tertiary alicyclic amines) is 2. The van der Waals surface area contributed by atoms with Crippen LogP contribution in [0.4, 0.5) is 50.0 Å². The lowest BCUT2D eigenvalue weighted by atomic mass is 9.72. The van der Waals surface area contributed by atoms with E-state index in [4.69, 9.17) is 0 Å². The van der Waals surface area contributed by atoms with Crippen molar-refractivity contribution in [3.05, 3.63) is 29.3 Å². The number of benzene rings is 1. The van der Waals surface area contributed by atoms with E-state index < -0.39 is 41.7 Å². The third-order valence-electron chi connectivity index (χ3n) is 7.29. The summed E-state index contributed by atoms with van der Waals surface area (Å²) in [5, 5.41) is 0. The van der Waals surface area contributed by atoms with Crippen LogP contribution in [0.25, 0.3) is 0 Å².